The number of carboxylic acid groups (broad SMARTS) is 1. The molecule has 2 saturated carbocycles. The molecule has 132 valence electrons. The van der Waals surface area contributed by atoms with Gasteiger partial charge in [0.05, 0.1) is 5.41 Å². The van der Waals surface area contributed by atoms with Crippen molar-refractivity contribution >= 4 is 5.97 Å². The van der Waals surface area contributed by atoms with Gasteiger partial charge in [0.25, 0.3) is 0 Å². The first-order valence-electron chi connectivity index (χ1n) is 9.19. The van der Waals surface area contributed by atoms with E-state index in [-0.39, 0.29) is 11.3 Å². The van der Waals surface area contributed by atoms with Crippen molar-refractivity contribution in [3.05, 3.63) is 23.8 Å². The average Bonchev–Trinajstić information content (AvgIpc) is 2.55. The SMILES string of the molecule is C=C(C)[C@@]12C=C3CC[C@@H]4[C@](C)(CCC[C@]4(C)C(=O)O)[C@]3(CC1)OO2. The molecule has 2 aliphatic heterocycles. The molecule has 3 aliphatic carbocycles. The Balaban J connectivity index is 1.82. The van der Waals surface area contributed by atoms with E-state index in [0.717, 1.165) is 50.5 Å². The van der Waals surface area contributed by atoms with E-state index in [4.69, 9.17) is 9.78 Å². The summed E-state index contributed by atoms with van der Waals surface area (Å²) < 4.78 is 0. The van der Waals surface area contributed by atoms with E-state index in [1.165, 1.54) is 5.57 Å². The Morgan fingerprint density at radius 3 is 2.58 bits per heavy atom. The van der Waals surface area contributed by atoms with E-state index < -0.39 is 22.6 Å². The molecule has 3 fully saturated rings. The molecule has 1 N–H and O–H groups in total. The van der Waals surface area contributed by atoms with Crippen LogP contribution in [0.5, 0.6) is 0 Å². The third kappa shape index (κ3) is 1.69. The molecule has 5 rings (SSSR count). The monoisotopic (exact) mass is 332 g/mol. The Morgan fingerprint density at radius 2 is 2.00 bits per heavy atom. The van der Waals surface area contributed by atoms with Crippen molar-refractivity contribution in [3.63, 3.8) is 0 Å². The molecule has 1 spiro atoms. The first-order chi connectivity index (χ1) is 11.2. The van der Waals surface area contributed by atoms with Gasteiger partial charge >= 0.3 is 5.97 Å². The summed E-state index contributed by atoms with van der Waals surface area (Å²) in [6.07, 6.45) is 8.53. The van der Waals surface area contributed by atoms with Gasteiger partial charge in [-0.2, -0.15) is 0 Å². The average molecular weight is 332 g/mol. The fourth-order valence-electron chi connectivity index (χ4n) is 6.28. The van der Waals surface area contributed by atoms with Crippen LogP contribution in [0.1, 0.15) is 65.7 Å². The van der Waals surface area contributed by atoms with E-state index >= 15 is 0 Å². The zero-order chi connectivity index (χ0) is 17.4. The molecule has 4 nitrogen and oxygen atoms in total. The molecule has 0 aromatic carbocycles. The van der Waals surface area contributed by atoms with Gasteiger partial charge < -0.3 is 5.11 Å². The quantitative estimate of drug-likeness (QED) is 0.601. The molecular formula is C20H28O4. The van der Waals surface area contributed by atoms with Gasteiger partial charge in [-0.15, -0.1) is 0 Å². The third-order valence-electron chi connectivity index (χ3n) is 7.87. The molecule has 2 heterocycles. The van der Waals surface area contributed by atoms with Gasteiger partial charge in [0.15, 0.2) is 0 Å². The first-order valence-corrected chi connectivity index (χ1v) is 9.19. The van der Waals surface area contributed by atoms with Crippen LogP contribution in [0, 0.1) is 16.7 Å². The molecular weight excluding hydrogens is 304 g/mol. The van der Waals surface area contributed by atoms with E-state index in [0.29, 0.717) is 0 Å². The maximum Gasteiger partial charge on any atom is 0.309 e. The predicted molar refractivity (Wildman–Crippen MR) is 90.2 cm³/mol. The number of aliphatic carboxylic acids is 1. The Kier molecular flexibility index (Phi) is 3.22. The highest BCUT2D eigenvalue weighted by molar-refractivity contribution is 5.75. The van der Waals surface area contributed by atoms with Crippen molar-refractivity contribution in [1.29, 1.82) is 0 Å². The van der Waals surface area contributed by atoms with Crippen molar-refractivity contribution in [2.24, 2.45) is 16.7 Å². The smallest absolute Gasteiger partial charge is 0.309 e. The van der Waals surface area contributed by atoms with Crippen LogP contribution in [0.4, 0.5) is 0 Å². The molecule has 24 heavy (non-hydrogen) atoms. The van der Waals surface area contributed by atoms with Crippen LogP contribution in [0.3, 0.4) is 0 Å². The number of rotatable bonds is 2. The van der Waals surface area contributed by atoms with Crippen molar-refractivity contribution in [2.75, 3.05) is 0 Å². The lowest BCUT2D eigenvalue weighted by Gasteiger charge is -2.66. The van der Waals surface area contributed by atoms with Gasteiger partial charge in [0.2, 0.25) is 0 Å². The second-order valence-electron chi connectivity index (χ2n) is 8.92. The highest BCUT2D eigenvalue weighted by atomic mass is 17.2. The van der Waals surface area contributed by atoms with Gasteiger partial charge in [-0.05, 0) is 75.5 Å². The summed E-state index contributed by atoms with van der Waals surface area (Å²) >= 11 is 0. The summed E-state index contributed by atoms with van der Waals surface area (Å²) in [6, 6.07) is 0. The van der Waals surface area contributed by atoms with Crippen LogP contribution in [0.2, 0.25) is 0 Å². The van der Waals surface area contributed by atoms with Crippen molar-refractivity contribution < 1.29 is 19.7 Å². The number of carboxylic acids is 1. The number of hydrogen-bond acceptors (Lipinski definition) is 3. The summed E-state index contributed by atoms with van der Waals surface area (Å²) in [5.74, 6) is -0.543. The summed E-state index contributed by atoms with van der Waals surface area (Å²) in [5, 5.41) is 9.93. The van der Waals surface area contributed by atoms with Crippen LogP contribution < -0.4 is 0 Å². The molecule has 0 aromatic rings. The Morgan fingerprint density at radius 1 is 1.25 bits per heavy atom. The summed E-state index contributed by atoms with van der Waals surface area (Å²) in [4.78, 5) is 24.1. The number of hydrogen-bond donors (Lipinski definition) is 1. The highest BCUT2D eigenvalue weighted by Gasteiger charge is 2.69. The molecule has 0 unspecified atom stereocenters. The van der Waals surface area contributed by atoms with Crippen molar-refractivity contribution in [3.8, 4) is 0 Å². The molecule has 1 saturated heterocycles. The molecule has 0 aromatic heterocycles. The molecule has 5 aliphatic rings. The Hall–Kier alpha value is -1.13. The third-order valence-corrected chi connectivity index (χ3v) is 7.87. The van der Waals surface area contributed by atoms with Crippen LogP contribution in [0.25, 0.3) is 0 Å². The first kappa shape index (κ1) is 16.3. The van der Waals surface area contributed by atoms with Crippen molar-refractivity contribution in [2.45, 2.75) is 76.9 Å². The second-order valence-corrected chi connectivity index (χ2v) is 8.92. The van der Waals surface area contributed by atoms with Gasteiger partial charge in [-0.3, -0.25) is 4.79 Å². The van der Waals surface area contributed by atoms with Crippen LogP contribution in [0.15, 0.2) is 23.8 Å². The normalized spacial score (nSPS) is 49.8. The second kappa shape index (κ2) is 4.73. The van der Waals surface area contributed by atoms with E-state index in [9.17, 15) is 9.90 Å². The molecule has 0 radical (unpaired) electrons. The van der Waals surface area contributed by atoms with E-state index in [1.54, 1.807) is 0 Å². The number of fused-ring (bicyclic) bond motifs is 3. The molecule has 5 atom stereocenters. The number of carbonyl (C=O) groups is 1. The molecule has 0 amide bonds. The van der Waals surface area contributed by atoms with Gasteiger partial charge in [-0.1, -0.05) is 19.9 Å². The van der Waals surface area contributed by atoms with E-state index in [1.807, 2.05) is 13.8 Å². The fraction of sp³-hybridized carbons (Fsp3) is 0.750. The summed E-state index contributed by atoms with van der Waals surface area (Å²) in [5.41, 5.74) is 0.502. The zero-order valence-corrected chi connectivity index (χ0v) is 15.0. The standard InChI is InChI=1S/C20H28O4/c1-13(2)19-10-11-20(24-23-19)14(12-19)6-7-15-17(3,16(21)22)8-5-9-18(15,20)4/h12,15H,1,5-11H2,2-4H3,(H,21,22)/t15-,17-,18-,19-,20+/m0/s1. The minimum absolute atomic E-state index is 0.118. The van der Waals surface area contributed by atoms with E-state index in [2.05, 4.69) is 19.6 Å². The molecule has 4 heteroatoms. The van der Waals surface area contributed by atoms with Crippen LogP contribution in [-0.2, 0) is 14.6 Å². The lowest BCUT2D eigenvalue weighted by molar-refractivity contribution is -0.452. The lowest BCUT2D eigenvalue weighted by atomic mass is 9.43. The maximum atomic E-state index is 12.1. The summed E-state index contributed by atoms with van der Waals surface area (Å²) in [6.45, 7) is 10.3. The molecule has 2 bridgehead atoms. The topological polar surface area (TPSA) is 55.8 Å². The van der Waals surface area contributed by atoms with Crippen LogP contribution >= 0.6 is 0 Å². The zero-order valence-electron chi connectivity index (χ0n) is 15.0. The van der Waals surface area contributed by atoms with Crippen LogP contribution in [-0.4, -0.2) is 22.3 Å². The van der Waals surface area contributed by atoms with Gasteiger partial charge in [-0.25, -0.2) is 9.78 Å². The van der Waals surface area contributed by atoms with Crippen molar-refractivity contribution in [1.82, 2.24) is 0 Å². The largest absolute Gasteiger partial charge is 0.481 e. The minimum atomic E-state index is -0.670. The fourth-order valence-corrected chi connectivity index (χ4v) is 6.28. The highest BCUT2D eigenvalue weighted by Crippen LogP contribution is 2.68. The minimum Gasteiger partial charge on any atom is -0.481 e. The summed E-state index contributed by atoms with van der Waals surface area (Å²) in [7, 11) is 0. The lowest BCUT2D eigenvalue weighted by Crippen LogP contribution is -2.67. The predicted octanol–water partition coefficient (Wildman–Crippen LogP) is 4.41. The Bertz CT molecular complexity index is 640. The van der Waals surface area contributed by atoms with Gasteiger partial charge in [0, 0.05) is 5.41 Å². The maximum absolute atomic E-state index is 12.1. The Labute approximate surface area is 143 Å². The van der Waals surface area contributed by atoms with Gasteiger partial charge in [0.1, 0.15) is 11.2 Å².